The van der Waals surface area contributed by atoms with Crippen LogP contribution in [0.25, 0.3) is 0 Å². The van der Waals surface area contributed by atoms with E-state index < -0.39 is 0 Å². The van der Waals surface area contributed by atoms with Crippen molar-refractivity contribution in [2.75, 3.05) is 26.3 Å². The Morgan fingerprint density at radius 3 is 2.81 bits per heavy atom. The summed E-state index contributed by atoms with van der Waals surface area (Å²) in [6.07, 6.45) is 0.865. The quantitative estimate of drug-likeness (QED) is 0.855. The molecule has 3 rings (SSSR count). The molecule has 1 saturated heterocycles. The third-order valence-electron chi connectivity index (χ3n) is 4.29. The molecule has 0 spiro atoms. The predicted octanol–water partition coefficient (Wildman–Crippen LogP) is 1.67. The number of nitrogens with zero attached hydrogens (tertiary/aromatic N) is 1. The van der Waals surface area contributed by atoms with E-state index >= 15 is 0 Å². The molecular weight excluding hydrogens is 268 g/mol. The van der Waals surface area contributed by atoms with Crippen molar-refractivity contribution in [3.8, 4) is 11.5 Å². The number of rotatable bonds is 1. The maximum atomic E-state index is 12.7. The molecule has 2 atom stereocenters. The lowest BCUT2D eigenvalue weighted by molar-refractivity contribution is 0.0602. The second kappa shape index (κ2) is 5.93. The smallest absolute Gasteiger partial charge is 0.254 e. The van der Waals surface area contributed by atoms with Crippen LogP contribution in [0.2, 0.25) is 0 Å². The van der Waals surface area contributed by atoms with Crippen LogP contribution in [0.15, 0.2) is 18.2 Å². The van der Waals surface area contributed by atoms with Crippen LogP contribution in [0.1, 0.15) is 30.6 Å². The minimum absolute atomic E-state index is 0.0616. The average Bonchev–Trinajstić information content (AvgIpc) is 2.74. The van der Waals surface area contributed by atoms with E-state index in [4.69, 9.17) is 9.47 Å². The van der Waals surface area contributed by atoms with E-state index in [0.717, 1.165) is 25.3 Å². The van der Waals surface area contributed by atoms with E-state index in [1.54, 1.807) is 0 Å². The Morgan fingerprint density at radius 1 is 1.24 bits per heavy atom. The van der Waals surface area contributed by atoms with E-state index in [0.29, 0.717) is 30.6 Å². The zero-order chi connectivity index (χ0) is 14.8. The molecular formula is C16H22N2O3. The van der Waals surface area contributed by atoms with E-state index in [2.05, 4.69) is 19.2 Å². The van der Waals surface area contributed by atoms with Crippen molar-refractivity contribution in [2.45, 2.75) is 32.4 Å². The topological polar surface area (TPSA) is 50.8 Å². The Kier molecular flexibility index (Phi) is 4.01. The molecule has 2 unspecified atom stereocenters. The average molecular weight is 290 g/mol. The van der Waals surface area contributed by atoms with Crippen LogP contribution in [0.5, 0.6) is 11.5 Å². The fourth-order valence-corrected chi connectivity index (χ4v) is 2.81. The largest absolute Gasteiger partial charge is 0.490 e. The lowest BCUT2D eigenvalue weighted by Gasteiger charge is -2.38. The number of hydrogen-bond acceptors (Lipinski definition) is 4. The fourth-order valence-electron chi connectivity index (χ4n) is 2.81. The molecule has 0 bridgehead atoms. The Bertz CT molecular complexity index is 532. The molecule has 1 fully saturated rings. The molecule has 1 aromatic rings. The highest BCUT2D eigenvalue weighted by molar-refractivity contribution is 5.95. The highest BCUT2D eigenvalue weighted by Gasteiger charge is 2.29. The number of carbonyl (C=O) groups is 1. The van der Waals surface area contributed by atoms with E-state index in [9.17, 15) is 4.79 Å². The van der Waals surface area contributed by atoms with Gasteiger partial charge in [-0.3, -0.25) is 4.79 Å². The molecule has 0 saturated carbocycles. The summed E-state index contributed by atoms with van der Waals surface area (Å²) in [5.74, 6) is 1.46. The first-order chi connectivity index (χ1) is 10.2. The minimum Gasteiger partial charge on any atom is -0.490 e. The molecule has 114 valence electrons. The molecule has 0 aromatic heterocycles. The lowest BCUT2D eigenvalue weighted by atomic mass is 10.1. The standard InChI is InChI=1S/C16H22N2O3/c1-11-12(2)18(7-6-17-11)16(19)13-4-5-14-15(10-13)21-9-3-8-20-14/h4-5,10-12,17H,3,6-9H2,1-2H3. The van der Waals surface area contributed by atoms with Crippen LogP contribution in [-0.2, 0) is 0 Å². The lowest BCUT2D eigenvalue weighted by Crippen LogP contribution is -2.57. The van der Waals surface area contributed by atoms with Gasteiger partial charge in [-0.25, -0.2) is 0 Å². The maximum Gasteiger partial charge on any atom is 0.254 e. The van der Waals surface area contributed by atoms with Gasteiger partial charge in [0.15, 0.2) is 11.5 Å². The van der Waals surface area contributed by atoms with Crippen molar-refractivity contribution >= 4 is 5.91 Å². The van der Waals surface area contributed by atoms with Crippen LogP contribution in [0.3, 0.4) is 0 Å². The molecule has 2 heterocycles. The highest BCUT2D eigenvalue weighted by Crippen LogP contribution is 2.31. The van der Waals surface area contributed by atoms with Gasteiger partial charge in [-0.2, -0.15) is 0 Å². The van der Waals surface area contributed by atoms with Gasteiger partial charge in [0.05, 0.1) is 13.2 Å². The van der Waals surface area contributed by atoms with Gasteiger partial charge in [0.2, 0.25) is 0 Å². The normalized spacial score (nSPS) is 25.3. The van der Waals surface area contributed by atoms with Crippen molar-refractivity contribution in [1.29, 1.82) is 0 Å². The van der Waals surface area contributed by atoms with Crippen molar-refractivity contribution in [3.05, 3.63) is 23.8 Å². The SMILES string of the molecule is CC1NCCN(C(=O)c2ccc3c(c2)OCCCO3)C1C. The minimum atomic E-state index is 0.0616. The van der Waals surface area contributed by atoms with Crippen molar-refractivity contribution in [3.63, 3.8) is 0 Å². The van der Waals surface area contributed by atoms with E-state index in [1.165, 1.54) is 0 Å². The van der Waals surface area contributed by atoms with Crippen molar-refractivity contribution < 1.29 is 14.3 Å². The Hall–Kier alpha value is -1.75. The molecule has 5 nitrogen and oxygen atoms in total. The molecule has 21 heavy (non-hydrogen) atoms. The van der Waals surface area contributed by atoms with Crippen LogP contribution < -0.4 is 14.8 Å². The van der Waals surface area contributed by atoms with Gasteiger partial charge in [-0.1, -0.05) is 0 Å². The van der Waals surface area contributed by atoms with Crippen LogP contribution in [0, 0.1) is 0 Å². The summed E-state index contributed by atoms with van der Waals surface area (Å²) in [6.45, 7) is 7.05. The fraction of sp³-hybridized carbons (Fsp3) is 0.562. The summed E-state index contributed by atoms with van der Waals surface area (Å²) in [5, 5.41) is 3.39. The van der Waals surface area contributed by atoms with Gasteiger partial charge in [-0.05, 0) is 32.0 Å². The van der Waals surface area contributed by atoms with Crippen molar-refractivity contribution in [1.82, 2.24) is 10.2 Å². The monoisotopic (exact) mass is 290 g/mol. The number of amides is 1. The zero-order valence-electron chi connectivity index (χ0n) is 12.6. The van der Waals surface area contributed by atoms with Crippen LogP contribution in [0.4, 0.5) is 0 Å². The first-order valence-corrected chi connectivity index (χ1v) is 7.61. The molecule has 0 radical (unpaired) electrons. The first-order valence-electron chi connectivity index (χ1n) is 7.61. The van der Waals surface area contributed by atoms with E-state index in [1.807, 2.05) is 23.1 Å². The van der Waals surface area contributed by atoms with Gasteiger partial charge in [0, 0.05) is 37.2 Å². The van der Waals surface area contributed by atoms with Crippen LogP contribution >= 0.6 is 0 Å². The summed E-state index contributed by atoms with van der Waals surface area (Å²) in [4.78, 5) is 14.7. The van der Waals surface area contributed by atoms with Gasteiger partial charge >= 0.3 is 0 Å². The second-order valence-electron chi connectivity index (χ2n) is 5.69. The number of piperazine rings is 1. The second-order valence-corrected chi connectivity index (χ2v) is 5.69. The number of benzene rings is 1. The van der Waals surface area contributed by atoms with Gasteiger partial charge in [-0.15, -0.1) is 0 Å². The van der Waals surface area contributed by atoms with Gasteiger partial charge < -0.3 is 19.7 Å². The summed E-state index contributed by atoms with van der Waals surface area (Å²) < 4.78 is 11.3. The number of ether oxygens (including phenoxy) is 2. The predicted molar refractivity (Wildman–Crippen MR) is 80.0 cm³/mol. The molecule has 5 heteroatoms. The zero-order valence-corrected chi connectivity index (χ0v) is 12.6. The number of carbonyl (C=O) groups excluding carboxylic acids is 1. The summed E-state index contributed by atoms with van der Waals surface area (Å²) >= 11 is 0. The maximum absolute atomic E-state index is 12.7. The Balaban J connectivity index is 1.83. The summed E-state index contributed by atoms with van der Waals surface area (Å²) in [7, 11) is 0. The summed E-state index contributed by atoms with van der Waals surface area (Å²) in [6, 6.07) is 5.97. The number of nitrogens with one attached hydrogen (secondary N) is 1. The van der Waals surface area contributed by atoms with Crippen LogP contribution in [-0.4, -0.2) is 49.2 Å². The molecule has 2 aliphatic rings. The third-order valence-corrected chi connectivity index (χ3v) is 4.29. The Labute approximate surface area is 125 Å². The molecule has 1 N–H and O–H groups in total. The third kappa shape index (κ3) is 2.83. The molecule has 1 amide bonds. The highest BCUT2D eigenvalue weighted by atomic mass is 16.5. The molecule has 1 aromatic carbocycles. The van der Waals surface area contributed by atoms with Gasteiger partial charge in [0.25, 0.3) is 5.91 Å². The summed E-state index contributed by atoms with van der Waals surface area (Å²) in [5.41, 5.74) is 0.667. The number of fused-ring (bicyclic) bond motifs is 1. The molecule has 0 aliphatic carbocycles. The van der Waals surface area contributed by atoms with Crippen molar-refractivity contribution in [2.24, 2.45) is 0 Å². The molecule has 2 aliphatic heterocycles. The van der Waals surface area contributed by atoms with E-state index in [-0.39, 0.29) is 11.9 Å². The van der Waals surface area contributed by atoms with Gasteiger partial charge in [0.1, 0.15) is 0 Å². The number of hydrogen-bond donors (Lipinski definition) is 1. The first kappa shape index (κ1) is 14.2. The Morgan fingerprint density at radius 2 is 2.00 bits per heavy atom.